The number of halogens is 1. The quantitative estimate of drug-likeness (QED) is 0.606. The van der Waals surface area contributed by atoms with Gasteiger partial charge in [0.2, 0.25) is 0 Å². The second-order valence-corrected chi connectivity index (χ2v) is 3.44. The molecule has 0 saturated heterocycles. The Labute approximate surface area is 94.3 Å². The van der Waals surface area contributed by atoms with Crippen molar-refractivity contribution in [3.63, 3.8) is 0 Å². The summed E-state index contributed by atoms with van der Waals surface area (Å²) in [6.45, 7) is 2.06. The Hall–Kier alpha value is -1.47. The molecule has 0 fully saturated rings. The summed E-state index contributed by atoms with van der Waals surface area (Å²) >= 11 is 5.75. The van der Waals surface area contributed by atoms with Crippen molar-refractivity contribution in [2.75, 3.05) is 11.1 Å². The Kier molecular flexibility index (Phi) is 4.19. The van der Waals surface area contributed by atoms with E-state index in [0.29, 0.717) is 11.5 Å². The number of nitrogen functional groups attached to an aromatic ring is 1. The fraction of sp³-hybridized carbons (Fsp3) is 0.400. The number of rotatable bonds is 4. The molecule has 0 aromatic carbocycles. The van der Waals surface area contributed by atoms with Crippen molar-refractivity contribution in [3.8, 4) is 12.3 Å². The van der Waals surface area contributed by atoms with Crippen LogP contribution < -0.4 is 11.1 Å². The van der Waals surface area contributed by atoms with E-state index in [1.165, 1.54) is 6.33 Å². The molecule has 80 valence electrons. The molecule has 3 N–H and O–H groups in total. The van der Waals surface area contributed by atoms with Gasteiger partial charge in [0.05, 0.1) is 6.04 Å². The van der Waals surface area contributed by atoms with Crippen LogP contribution in [0.1, 0.15) is 19.8 Å². The van der Waals surface area contributed by atoms with E-state index < -0.39 is 0 Å². The van der Waals surface area contributed by atoms with Crippen molar-refractivity contribution in [1.29, 1.82) is 0 Å². The third-order valence-corrected chi connectivity index (χ3v) is 2.23. The van der Waals surface area contributed by atoms with Crippen LogP contribution in [-0.2, 0) is 0 Å². The second kappa shape index (κ2) is 5.42. The minimum Gasteiger partial charge on any atom is -0.393 e. The molecule has 0 bridgehead atoms. The summed E-state index contributed by atoms with van der Waals surface area (Å²) in [6, 6.07) is -0.0803. The lowest BCUT2D eigenvalue weighted by Crippen LogP contribution is -2.18. The monoisotopic (exact) mass is 224 g/mol. The van der Waals surface area contributed by atoms with E-state index in [0.717, 1.165) is 12.8 Å². The lowest BCUT2D eigenvalue weighted by atomic mass is 10.2. The predicted octanol–water partition coefficient (Wildman–Crippen LogP) is 1.93. The maximum atomic E-state index is 5.75. The Morgan fingerprint density at radius 3 is 3.00 bits per heavy atom. The largest absolute Gasteiger partial charge is 0.393 e. The zero-order chi connectivity index (χ0) is 11.3. The molecule has 0 radical (unpaired) electrons. The standard InChI is InChI=1S/C10H13ClN4/c1-3-5-7(4-2)15-10-8(12)9(11)13-6-14-10/h2,6-7H,3,5,12H2,1H3,(H,13,14,15). The summed E-state index contributed by atoms with van der Waals surface area (Å²) in [6.07, 6.45) is 8.56. The van der Waals surface area contributed by atoms with Crippen LogP contribution in [0, 0.1) is 12.3 Å². The predicted molar refractivity (Wildman–Crippen MR) is 62.6 cm³/mol. The number of hydrogen-bond acceptors (Lipinski definition) is 4. The summed E-state index contributed by atoms with van der Waals surface area (Å²) in [4.78, 5) is 7.74. The molecular formula is C10H13ClN4. The first-order chi connectivity index (χ1) is 7.19. The van der Waals surface area contributed by atoms with Crippen LogP contribution >= 0.6 is 11.6 Å². The van der Waals surface area contributed by atoms with Crippen molar-refractivity contribution < 1.29 is 0 Å². The van der Waals surface area contributed by atoms with E-state index in [4.69, 9.17) is 23.8 Å². The molecule has 5 heteroatoms. The van der Waals surface area contributed by atoms with Crippen LogP contribution in [0.15, 0.2) is 6.33 Å². The summed E-state index contributed by atoms with van der Waals surface area (Å²) < 4.78 is 0. The lowest BCUT2D eigenvalue weighted by Gasteiger charge is -2.14. The molecule has 1 aromatic rings. The number of nitrogens with two attached hydrogens (primary N) is 1. The van der Waals surface area contributed by atoms with Crippen LogP contribution in [0.25, 0.3) is 0 Å². The van der Waals surface area contributed by atoms with Crippen molar-refractivity contribution in [2.45, 2.75) is 25.8 Å². The van der Waals surface area contributed by atoms with Gasteiger partial charge in [-0.3, -0.25) is 0 Å². The van der Waals surface area contributed by atoms with E-state index in [-0.39, 0.29) is 11.2 Å². The first-order valence-corrected chi connectivity index (χ1v) is 5.05. The van der Waals surface area contributed by atoms with Gasteiger partial charge in [-0.15, -0.1) is 6.42 Å². The number of nitrogens with one attached hydrogen (secondary N) is 1. The number of nitrogens with zero attached hydrogens (tertiary/aromatic N) is 2. The SMILES string of the molecule is C#CC(CCC)Nc1ncnc(Cl)c1N. The number of aromatic nitrogens is 2. The molecule has 0 saturated carbocycles. The van der Waals surface area contributed by atoms with E-state index in [2.05, 4.69) is 28.1 Å². The van der Waals surface area contributed by atoms with Crippen LogP contribution in [0.3, 0.4) is 0 Å². The Morgan fingerprint density at radius 1 is 1.67 bits per heavy atom. The molecule has 1 atom stereocenters. The first kappa shape index (κ1) is 11.6. The van der Waals surface area contributed by atoms with E-state index in [9.17, 15) is 0 Å². The lowest BCUT2D eigenvalue weighted by molar-refractivity contribution is 0.752. The highest BCUT2D eigenvalue weighted by Gasteiger charge is 2.09. The molecule has 0 aliphatic carbocycles. The van der Waals surface area contributed by atoms with Crippen LogP contribution in [0.5, 0.6) is 0 Å². The molecule has 0 aliphatic rings. The highest BCUT2D eigenvalue weighted by atomic mass is 35.5. The van der Waals surface area contributed by atoms with Crippen LogP contribution in [0.4, 0.5) is 11.5 Å². The molecule has 15 heavy (non-hydrogen) atoms. The van der Waals surface area contributed by atoms with E-state index in [1.807, 2.05) is 0 Å². The second-order valence-electron chi connectivity index (χ2n) is 3.08. The highest BCUT2D eigenvalue weighted by molar-refractivity contribution is 6.32. The molecule has 1 aromatic heterocycles. The van der Waals surface area contributed by atoms with Gasteiger partial charge in [-0.25, -0.2) is 9.97 Å². The smallest absolute Gasteiger partial charge is 0.157 e. The minimum absolute atomic E-state index is 0.0803. The number of terminal acetylenes is 1. The molecule has 1 heterocycles. The Bertz CT molecular complexity index is 372. The van der Waals surface area contributed by atoms with Gasteiger partial charge in [-0.1, -0.05) is 30.9 Å². The zero-order valence-electron chi connectivity index (χ0n) is 8.50. The fourth-order valence-corrected chi connectivity index (χ4v) is 1.27. The zero-order valence-corrected chi connectivity index (χ0v) is 9.25. The summed E-state index contributed by atoms with van der Waals surface area (Å²) in [5.41, 5.74) is 6.02. The summed E-state index contributed by atoms with van der Waals surface area (Å²) in [7, 11) is 0. The van der Waals surface area contributed by atoms with Crippen LogP contribution in [0.2, 0.25) is 5.15 Å². The Morgan fingerprint density at radius 2 is 2.40 bits per heavy atom. The van der Waals surface area contributed by atoms with Crippen molar-refractivity contribution in [3.05, 3.63) is 11.5 Å². The minimum atomic E-state index is -0.0803. The maximum Gasteiger partial charge on any atom is 0.157 e. The van der Waals surface area contributed by atoms with Crippen molar-refractivity contribution >= 4 is 23.1 Å². The summed E-state index contributed by atoms with van der Waals surface area (Å²) in [5.74, 6) is 3.12. The third kappa shape index (κ3) is 3.00. The average molecular weight is 225 g/mol. The highest BCUT2D eigenvalue weighted by Crippen LogP contribution is 2.22. The van der Waals surface area contributed by atoms with Gasteiger partial charge in [0.1, 0.15) is 12.0 Å². The molecular weight excluding hydrogens is 212 g/mol. The normalized spacial score (nSPS) is 11.8. The van der Waals surface area contributed by atoms with E-state index >= 15 is 0 Å². The van der Waals surface area contributed by atoms with Crippen LogP contribution in [-0.4, -0.2) is 16.0 Å². The summed E-state index contributed by atoms with van der Waals surface area (Å²) in [5, 5.41) is 3.28. The van der Waals surface area contributed by atoms with Crippen molar-refractivity contribution in [1.82, 2.24) is 9.97 Å². The fourth-order valence-electron chi connectivity index (χ4n) is 1.14. The van der Waals surface area contributed by atoms with E-state index in [1.54, 1.807) is 0 Å². The topological polar surface area (TPSA) is 63.8 Å². The third-order valence-electron chi connectivity index (χ3n) is 1.92. The van der Waals surface area contributed by atoms with Gasteiger partial charge in [-0.2, -0.15) is 0 Å². The van der Waals surface area contributed by atoms with Gasteiger partial charge in [0.25, 0.3) is 0 Å². The maximum absolute atomic E-state index is 5.75. The molecule has 0 spiro atoms. The van der Waals surface area contributed by atoms with Gasteiger partial charge in [0, 0.05) is 0 Å². The van der Waals surface area contributed by atoms with Gasteiger partial charge >= 0.3 is 0 Å². The van der Waals surface area contributed by atoms with Gasteiger partial charge < -0.3 is 11.1 Å². The number of hydrogen-bond donors (Lipinski definition) is 2. The Balaban J connectivity index is 2.80. The molecule has 1 rings (SSSR count). The van der Waals surface area contributed by atoms with Crippen molar-refractivity contribution in [2.24, 2.45) is 0 Å². The molecule has 0 aliphatic heterocycles. The average Bonchev–Trinajstić information content (AvgIpc) is 2.24. The van der Waals surface area contributed by atoms with Gasteiger partial charge in [0.15, 0.2) is 11.0 Å². The molecule has 4 nitrogen and oxygen atoms in total. The molecule has 0 amide bonds. The van der Waals surface area contributed by atoms with Gasteiger partial charge in [-0.05, 0) is 6.42 Å². The molecule has 1 unspecified atom stereocenters. The number of anilines is 2. The first-order valence-electron chi connectivity index (χ1n) is 4.67.